The Morgan fingerprint density at radius 2 is 1.76 bits per heavy atom. The maximum Gasteiger partial charge on any atom is 0.310 e. The highest BCUT2D eigenvalue weighted by Gasteiger charge is 2.43. The van der Waals surface area contributed by atoms with E-state index in [1.165, 1.54) is 0 Å². The van der Waals surface area contributed by atoms with E-state index in [9.17, 15) is 14.7 Å². The Kier molecular flexibility index (Phi) is 5.28. The van der Waals surface area contributed by atoms with Gasteiger partial charge in [-0.25, -0.2) is 0 Å². The Hall–Kier alpha value is -1.06. The molecule has 0 aromatic rings. The topological polar surface area (TPSA) is 57.6 Å². The lowest BCUT2D eigenvalue weighted by atomic mass is 9.77. The van der Waals surface area contributed by atoms with Gasteiger partial charge in [-0.1, -0.05) is 39.5 Å². The van der Waals surface area contributed by atoms with Crippen LogP contribution < -0.4 is 0 Å². The van der Waals surface area contributed by atoms with E-state index in [-0.39, 0.29) is 12.3 Å². The molecule has 1 unspecified atom stereocenters. The van der Waals surface area contributed by atoms with E-state index in [1.807, 2.05) is 4.90 Å². The predicted molar refractivity (Wildman–Crippen MR) is 82.0 cm³/mol. The molecule has 21 heavy (non-hydrogen) atoms. The number of nitrogens with zero attached hydrogens (tertiary/aromatic N) is 1. The summed E-state index contributed by atoms with van der Waals surface area (Å²) < 4.78 is 0. The summed E-state index contributed by atoms with van der Waals surface area (Å²) in [5.41, 5.74) is -0.808. The van der Waals surface area contributed by atoms with Gasteiger partial charge in [-0.2, -0.15) is 0 Å². The van der Waals surface area contributed by atoms with Crippen molar-refractivity contribution in [2.45, 2.75) is 77.7 Å². The third-order valence-corrected chi connectivity index (χ3v) is 5.39. The zero-order valence-corrected chi connectivity index (χ0v) is 13.4. The molecular weight excluding hydrogens is 266 g/mol. The molecule has 2 fully saturated rings. The number of hydrogen-bond donors (Lipinski definition) is 1. The van der Waals surface area contributed by atoms with Crippen molar-refractivity contribution in [2.75, 3.05) is 6.54 Å². The molecule has 1 N–H and O–H groups in total. The van der Waals surface area contributed by atoms with E-state index in [0.29, 0.717) is 24.8 Å². The zero-order valence-electron chi connectivity index (χ0n) is 13.4. The second-order valence-corrected chi connectivity index (χ2v) is 7.22. The molecule has 1 amide bonds. The number of amides is 1. The van der Waals surface area contributed by atoms with Crippen LogP contribution in [0.25, 0.3) is 0 Å². The fourth-order valence-electron chi connectivity index (χ4n) is 4.06. The van der Waals surface area contributed by atoms with Gasteiger partial charge in [0.05, 0.1) is 5.41 Å². The minimum Gasteiger partial charge on any atom is -0.481 e. The summed E-state index contributed by atoms with van der Waals surface area (Å²) in [5.74, 6) is -0.250. The Morgan fingerprint density at radius 3 is 2.29 bits per heavy atom. The Labute approximate surface area is 127 Å². The quantitative estimate of drug-likeness (QED) is 0.808. The van der Waals surface area contributed by atoms with E-state index in [4.69, 9.17) is 0 Å². The summed E-state index contributed by atoms with van der Waals surface area (Å²) in [6.45, 7) is 5.10. The monoisotopic (exact) mass is 295 g/mol. The number of rotatable bonds is 4. The van der Waals surface area contributed by atoms with Gasteiger partial charge in [0.25, 0.3) is 0 Å². The summed E-state index contributed by atoms with van der Waals surface area (Å²) in [6.07, 6.45) is 7.70. The fraction of sp³-hybridized carbons (Fsp3) is 0.882. The lowest BCUT2D eigenvalue weighted by Crippen LogP contribution is -2.43. The number of likely N-dealkylation sites (tertiary alicyclic amines) is 1. The Balaban J connectivity index is 2.09. The molecule has 1 saturated carbocycles. The van der Waals surface area contributed by atoms with Gasteiger partial charge in [-0.05, 0) is 31.6 Å². The molecule has 2 rings (SSSR count). The van der Waals surface area contributed by atoms with Crippen LogP contribution in [0.5, 0.6) is 0 Å². The summed E-state index contributed by atoms with van der Waals surface area (Å²) in [6, 6.07) is 0.300. The van der Waals surface area contributed by atoms with E-state index >= 15 is 0 Å². The van der Waals surface area contributed by atoms with Crippen LogP contribution in [0.2, 0.25) is 0 Å². The van der Waals surface area contributed by atoms with Crippen LogP contribution in [0, 0.1) is 11.3 Å². The van der Waals surface area contributed by atoms with Crippen molar-refractivity contribution in [3.63, 3.8) is 0 Å². The summed E-state index contributed by atoms with van der Waals surface area (Å²) >= 11 is 0. The third kappa shape index (κ3) is 3.58. The highest BCUT2D eigenvalue weighted by Crippen LogP contribution is 2.40. The molecule has 1 aliphatic carbocycles. The van der Waals surface area contributed by atoms with Gasteiger partial charge >= 0.3 is 5.97 Å². The average Bonchev–Trinajstić information content (AvgIpc) is 2.80. The Bertz CT molecular complexity index is 383. The van der Waals surface area contributed by atoms with Gasteiger partial charge in [0.2, 0.25) is 5.91 Å². The molecule has 0 aromatic carbocycles. The van der Waals surface area contributed by atoms with Gasteiger partial charge in [-0.3, -0.25) is 9.59 Å². The average molecular weight is 295 g/mol. The van der Waals surface area contributed by atoms with Crippen LogP contribution in [0.3, 0.4) is 0 Å². The SMILES string of the molecule is CC(C)C1CCCN1C(=O)CC1(C(=O)O)CCCCCC1. The van der Waals surface area contributed by atoms with Crippen LogP contribution >= 0.6 is 0 Å². The first kappa shape index (κ1) is 16.3. The maximum absolute atomic E-state index is 12.7. The summed E-state index contributed by atoms with van der Waals surface area (Å²) in [7, 11) is 0. The van der Waals surface area contributed by atoms with Crippen molar-refractivity contribution in [3.05, 3.63) is 0 Å². The van der Waals surface area contributed by atoms with Gasteiger partial charge in [0.1, 0.15) is 0 Å². The van der Waals surface area contributed by atoms with Gasteiger partial charge < -0.3 is 10.0 Å². The second kappa shape index (κ2) is 6.80. The maximum atomic E-state index is 12.7. The minimum absolute atomic E-state index is 0.0653. The normalized spacial score (nSPS) is 25.9. The smallest absolute Gasteiger partial charge is 0.310 e. The zero-order chi connectivity index (χ0) is 15.5. The largest absolute Gasteiger partial charge is 0.481 e. The molecule has 2 aliphatic rings. The molecule has 0 aromatic heterocycles. The first-order valence-corrected chi connectivity index (χ1v) is 8.49. The van der Waals surface area contributed by atoms with Crippen molar-refractivity contribution in [1.29, 1.82) is 0 Å². The first-order valence-electron chi connectivity index (χ1n) is 8.49. The summed E-state index contributed by atoms with van der Waals surface area (Å²) in [4.78, 5) is 26.5. The molecule has 4 heteroatoms. The molecular formula is C17H29NO3. The number of carbonyl (C=O) groups is 2. The van der Waals surface area contributed by atoms with E-state index in [0.717, 1.165) is 45.1 Å². The van der Waals surface area contributed by atoms with E-state index in [2.05, 4.69) is 13.8 Å². The van der Waals surface area contributed by atoms with Crippen LogP contribution in [0.15, 0.2) is 0 Å². The second-order valence-electron chi connectivity index (χ2n) is 7.22. The van der Waals surface area contributed by atoms with Crippen molar-refractivity contribution >= 4 is 11.9 Å². The Morgan fingerprint density at radius 1 is 1.14 bits per heavy atom. The number of carboxylic acid groups (broad SMARTS) is 1. The lowest BCUT2D eigenvalue weighted by Gasteiger charge is -2.33. The third-order valence-electron chi connectivity index (χ3n) is 5.39. The molecule has 4 nitrogen and oxygen atoms in total. The molecule has 120 valence electrons. The van der Waals surface area contributed by atoms with Crippen molar-refractivity contribution < 1.29 is 14.7 Å². The number of carbonyl (C=O) groups excluding carboxylic acids is 1. The number of hydrogen-bond acceptors (Lipinski definition) is 2. The molecule has 0 spiro atoms. The minimum atomic E-state index is -0.808. The molecule has 1 heterocycles. The van der Waals surface area contributed by atoms with Gasteiger partial charge in [-0.15, -0.1) is 0 Å². The molecule has 0 bridgehead atoms. The van der Waals surface area contributed by atoms with Crippen LogP contribution in [-0.2, 0) is 9.59 Å². The predicted octanol–water partition coefficient (Wildman–Crippen LogP) is 3.45. The van der Waals surface area contributed by atoms with Crippen LogP contribution in [0.4, 0.5) is 0 Å². The van der Waals surface area contributed by atoms with Crippen LogP contribution in [-0.4, -0.2) is 34.5 Å². The lowest BCUT2D eigenvalue weighted by molar-refractivity contribution is -0.155. The van der Waals surface area contributed by atoms with Gasteiger partial charge in [0.15, 0.2) is 0 Å². The van der Waals surface area contributed by atoms with Crippen molar-refractivity contribution in [3.8, 4) is 0 Å². The van der Waals surface area contributed by atoms with Crippen LogP contribution in [0.1, 0.15) is 71.6 Å². The van der Waals surface area contributed by atoms with Gasteiger partial charge in [0, 0.05) is 19.0 Å². The van der Waals surface area contributed by atoms with E-state index in [1.54, 1.807) is 0 Å². The summed E-state index contributed by atoms with van der Waals surface area (Å²) in [5, 5.41) is 9.71. The molecule has 1 aliphatic heterocycles. The van der Waals surface area contributed by atoms with E-state index < -0.39 is 11.4 Å². The standard InChI is InChI=1S/C17H29NO3/c1-13(2)14-8-7-11-18(14)15(19)12-17(16(20)21)9-5-3-4-6-10-17/h13-14H,3-12H2,1-2H3,(H,20,21). The number of carboxylic acids is 1. The number of aliphatic carboxylic acids is 1. The van der Waals surface area contributed by atoms with Crippen molar-refractivity contribution in [1.82, 2.24) is 4.90 Å². The fourth-order valence-corrected chi connectivity index (χ4v) is 4.06. The molecule has 0 radical (unpaired) electrons. The highest BCUT2D eigenvalue weighted by atomic mass is 16.4. The molecule has 1 atom stereocenters. The highest BCUT2D eigenvalue weighted by molar-refractivity contribution is 5.85. The molecule has 1 saturated heterocycles. The first-order chi connectivity index (χ1) is 9.96. The van der Waals surface area contributed by atoms with Crippen molar-refractivity contribution in [2.24, 2.45) is 11.3 Å².